The molecule has 1 heterocycles. The molecule has 1 aliphatic rings. The number of carbonyl (C=O) groups is 2. The molecule has 1 amide bonds. The van der Waals surface area contributed by atoms with Crippen LogP contribution in [0.4, 0.5) is 0 Å². The number of thioether (sulfide) groups is 1. The van der Waals surface area contributed by atoms with Crippen LogP contribution in [0, 0.1) is 0 Å². The van der Waals surface area contributed by atoms with E-state index in [4.69, 9.17) is 0 Å². The number of para-hydroxylation sites is 1. The normalized spacial score (nSPS) is 21.3. The van der Waals surface area contributed by atoms with E-state index >= 15 is 0 Å². The van der Waals surface area contributed by atoms with Crippen LogP contribution in [0.5, 0.6) is 5.75 Å². The summed E-state index contributed by atoms with van der Waals surface area (Å²) in [7, 11) is 0. The molecule has 1 aliphatic heterocycles. The van der Waals surface area contributed by atoms with Crippen LogP contribution in [-0.2, 0) is 16.0 Å². The molecule has 0 radical (unpaired) electrons. The molecule has 6 heteroatoms. The minimum absolute atomic E-state index is 0.104. The molecule has 1 saturated heterocycles. The molecule has 0 spiro atoms. The lowest BCUT2D eigenvalue weighted by atomic mass is 10.0. The molecule has 5 nitrogen and oxygen atoms in total. The Morgan fingerprint density at radius 2 is 2.24 bits per heavy atom. The van der Waals surface area contributed by atoms with E-state index in [0.29, 0.717) is 23.3 Å². The van der Waals surface area contributed by atoms with Gasteiger partial charge in [-0.2, -0.15) is 0 Å². The summed E-state index contributed by atoms with van der Waals surface area (Å²) < 4.78 is 0. The quantitative estimate of drug-likeness (QED) is 0.834. The van der Waals surface area contributed by atoms with Crippen molar-refractivity contribution in [2.75, 3.05) is 5.75 Å². The van der Waals surface area contributed by atoms with Crippen LogP contribution in [-0.4, -0.2) is 38.8 Å². The van der Waals surface area contributed by atoms with E-state index in [1.54, 1.807) is 24.3 Å². The number of hydrogen-bond donors (Lipinski definition) is 2. The van der Waals surface area contributed by atoms with Gasteiger partial charge in [-0.05, 0) is 12.0 Å². The summed E-state index contributed by atoms with van der Waals surface area (Å²) in [6.45, 7) is 4.99. The maximum Gasteiger partial charge on any atom is 0.327 e. The summed E-state index contributed by atoms with van der Waals surface area (Å²) in [4.78, 5) is 24.4. The van der Waals surface area contributed by atoms with Crippen molar-refractivity contribution in [3.63, 3.8) is 0 Å². The Hall–Kier alpha value is -1.95. The molecule has 0 saturated carbocycles. The number of benzene rings is 1. The first-order chi connectivity index (χ1) is 9.97. The van der Waals surface area contributed by atoms with Crippen LogP contribution < -0.4 is 0 Å². The summed E-state index contributed by atoms with van der Waals surface area (Å²) >= 11 is 1.35. The molecule has 2 atom stereocenters. The summed E-state index contributed by atoms with van der Waals surface area (Å²) in [5.41, 5.74) is 1.28. The number of hydrogen-bond acceptors (Lipinski definition) is 4. The lowest BCUT2D eigenvalue weighted by Gasteiger charge is -2.27. The van der Waals surface area contributed by atoms with Crippen LogP contribution >= 0.6 is 11.8 Å². The van der Waals surface area contributed by atoms with Gasteiger partial charge >= 0.3 is 5.97 Å². The first-order valence-corrected chi connectivity index (χ1v) is 7.57. The average Bonchev–Trinajstić information content (AvgIpc) is 2.86. The second kappa shape index (κ2) is 6.22. The van der Waals surface area contributed by atoms with Gasteiger partial charge in [0.2, 0.25) is 5.91 Å². The van der Waals surface area contributed by atoms with Gasteiger partial charge in [0.25, 0.3) is 0 Å². The maximum absolute atomic E-state index is 11.8. The molecule has 0 aliphatic carbocycles. The number of nitrogens with zero attached hydrogens (tertiary/aromatic N) is 1. The van der Waals surface area contributed by atoms with Crippen LogP contribution in [0.3, 0.4) is 0 Å². The highest BCUT2D eigenvalue weighted by atomic mass is 32.2. The lowest BCUT2D eigenvalue weighted by molar-refractivity contribution is -0.148. The molecule has 21 heavy (non-hydrogen) atoms. The van der Waals surface area contributed by atoms with E-state index in [-0.39, 0.29) is 11.7 Å². The molecule has 0 unspecified atom stereocenters. The molecule has 2 rings (SSSR count). The molecule has 2 N–H and O–H groups in total. The second-order valence-corrected chi connectivity index (χ2v) is 5.93. The van der Waals surface area contributed by atoms with Crippen LogP contribution in [0.2, 0.25) is 0 Å². The zero-order chi connectivity index (χ0) is 15.6. The minimum atomic E-state index is -1.03. The van der Waals surface area contributed by atoms with Gasteiger partial charge in [0.1, 0.15) is 17.2 Å². The third kappa shape index (κ3) is 2.90. The van der Waals surface area contributed by atoms with E-state index in [1.807, 2.05) is 0 Å². The zero-order valence-electron chi connectivity index (χ0n) is 11.7. The number of carboxylic acids is 1. The van der Waals surface area contributed by atoms with Crippen molar-refractivity contribution in [3.8, 4) is 5.75 Å². The van der Waals surface area contributed by atoms with Gasteiger partial charge in [-0.3, -0.25) is 4.79 Å². The number of aliphatic carboxylic acids is 1. The fraction of sp³-hybridized carbons (Fsp3) is 0.333. The topological polar surface area (TPSA) is 77.8 Å². The Bertz CT molecular complexity index is 587. The van der Waals surface area contributed by atoms with Crippen molar-refractivity contribution in [2.45, 2.75) is 24.8 Å². The van der Waals surface area contributed by atoms with Gasteiger partial charge in [-0.1, -0.05) is 24.3 Å². The van der Waals surface area contributed by atoms with Gasteiger partial charge in [0, 0.05) is 18.2 Å². The molecule has 1 fully saturated rings. The standard InChI is InChI=1S/C15H17NO4S/c1-3-5-10-6-4-7-11(13(10)18)14-16(9(2)17)12(8-21-14)15(19)20/h3-4,6-7,12,14,18H,1,5,8H2,2H3,(H,19,20)/t12-,14-/m1/s1. The Kier molecular flexibility index (Phi) is 4.57. The first-order valence-electron chi connectivity index (χ1n) is 6.52. The number of phenols is 1. The fourth-order valence-corrected chi connectivity index (χ4v) is 3.94. The number of aromatic hydroxyl groups is 1. The Balaban J connectivity index is 2.41. The van der Waals surface area contributed by atoms with Crippen molar-refractivity contribution in [3.05, 3.63) is 42.0 Å². The number of allylic oxidation sites excluding steroid dienone is 1. The SMILES string of the molecule is C=CCc1cccc([C@H]2SC[C@H](C(=O)O)N2C(C)=O)c1O. The Labute approximate surface area is 127 Å². The van der Waals surface area contributed by atoms with E-state index in [2.05, 4.69) is 6.58 Å². The largest absolute Gasteiger partial charge is 0.507 e. The molecule has 0 aromatic heterocycles. The Morgan fingerprint density at radius 3 is 2.81 bits per heavy atom. The van der Waals surface area contributed by atoms with E-state index < -0.39 is 17.4 Å². The molecule has 1 aromatic carbocycles. The van der Waals surface area contributed by atoms with Crippen molar-refractivity contribution >= 4 is 23.6 Å². The number of amides is 1. The van der Waals surface area contributed by atoms with Crippen LogP contribution in [0.1, 0.15) is 23.4 Å². The van der Waals surface area contributed by atoms with E-state index in [9.17, 15) is 19.8 Å². The first kappa shape index (κ1) is 15.4. The van der Waals surface area contributed by atoms with E-state index in [0.717, 1.165) is 0 Å². The van der Waals surface area contributed by atoms with Gasteiger partial charge in [0.05, 0.1) is 0 Å². The molecular weight excluding hydrogens is 290 g/mol. The smallest absolute Gasteiger partial charge is 0.327 e. The number of phenolic OH excluding ortho intramolecular Hbond substituents is 1. The van der Waals surface area contributed by atoms with Crippen molar-refractivity contribution < 1.29 is 19.8 Å². The summed E-state index contributed by atoms with van der Waals surface area (Å²) in [5, 5.41) is 19.1. The molecule has 112 valence electrons. The predicted octanol–water partition coefficient (Wildman–Crippen LogP) is 2.17. The number of carbonyl (C=O) groups excluding carboxylic acids is 1. The third-order valence-corrected chi connectivity index (χ3v) is 4.74. The van der Waals surface area contributed by atoms with Gasteiger partial charge in [-0.25, -0.2) is 4.79 Å². The Morgan fingerprint density at radius 1 is 1.52 bits per heavy atom. The average molecular weight is 307 g/mol. The van der Waals surface area contributed by atoms with Crippen molar-refractivity contribution in [2.24, 2.45) is 0 Å². The zero-order valence-corrected chi connectivity index (χ0v) is 12.5. The van der Waals surface area contributed by atoms with Crippen LogP contribution in [0.25, 0.3) is 0 Å². The third-order valence-electron chi connectivity index (χ3n) is 3.43. The number of carboxylic acid groups (broad SMARTS) is 1. The fourth-order valence-electron chi connectivity index (χ4n) is 2.45. The van der Waals surface area contributed by atoms with Gasteiger partial charge < -0.3 is 15.1 Å². The molecule has 0 bridgehead atoms. The lowest BCUT2D eigenvalue weighted by Crippen LogP contribution is -2.41. The molecule has 1 aromatic rings. The summed E-state index contributed by atoms with van der Waals surface area (Å²) in [5.74, 6) is -0.926. The summed E-state index contributed by atoms with van der Waals surface area (Å²) in [6, 6.07) is 4.44. The second-order valence-electron chi connectivity index (χ2n) is 4.81. The molecular formula is C15H17NO4S. The highest BCUT2D eigenvalue weighted by Gasteiger charge is 2.42. The van der Waals surface area contributed by atoms with Crippen molar-refractivity contribution in [1.82, 2.24) is 4.90 Å². The highest BCUT2D eigenvalue weighted by molar-refractivity contribution is 7.99. The van der Waals surface area contributed by atoms with Gasteiger partial charge in [0.15, 0.2) is 0 Å². The highest BCUT2D eigenvalue weighted by Crippen LogP contribution is 2.45. The van der Waals surface area contributed by atoms with Crippen LogP contribution in [0.15, 0.2) is 30.9 Å². The number of rotatable bonds is 4. The maximum atomic E-state index is 11.8. The monoisotopic (exact) mass is 307 g/mol. The van der Waals surface area contributed by atoms with Gasteiger partial charge in [-0.15, -0.1) is 18.3 Å². The van der Waals surface area contributed by atoms with Crippen molar-refractivity contribution in [1.29, 1.82) is 0 Å². The minimum Gasteiger partial charge on any atom is -0.507 e. The summed E-state index contributed by atoms with van der Waals surface area (Å²) in [6.07, 6.45) is 2.20. The predicted molar refractivity (Wildman–Crippen MR) is 81.2 cm³/mol. The van der Waals surface area contributed by atoms with E-state index in [1.165, 1.54) is 23.6 Å².